The standard InChI is InChI=1S/C15H27N3O2/c1-5-16-13(2)15-7-6-14(12-17-15)18(8-10-19-3)9-11-20-4/h6-7,12-13,16H,5,8-11H2,1-4H3. The van der Waals surface area contributed by atoms with E-state index >= 15 is 0 Å². The van der Waals surface area contributed by atoms with E-state index in [1.165, 1.54) is 0 Å². The first kappa shape index (κ1) is 16.9. The lowest BCUT2D eigenvalue weighted by atomic mass is 10.2. The van der Waals surface area contributed by atoms with Gasteiger partial charge in [-0.25, -0.2) is 0 Å². The normalized spacial score (nSPS) is 12.4. The Hall–Kier alpha value is -1.17. The van der Waals surface area contributed by atoms with Gasteiger partial charge in [-0.1, -0.05) is 6.92 Å². The Morgan fingerprint density at radius 1 is 1.20 bits per heavy atom. The van der Waals surface area contributed by atoms with E-state index in [9.17, 15) is 0 Å². The van der Waals surface area contributed by atoms with Gasteiger partial charge in [0, 0.05) is 33.4 Å². The van der Waals surface area contributed by atoms with Crippen LogP contribution in [-0.4, -0.2) is 52.1 Å². The number of hydrogen-bond acceptors (Lipinski definition) is 5. The second-order valence-corrected chi connectivity index (χ2v) is 4.69. The lowest BCUT2D eigenvalue weighted by Gasteiger charge is -2.24. The van der Waals surface area contributed by atoms with Gasteiger partial charge < -0.3 is 19.7 Å². The predicted octanol–water partition coefficient (Wildman–Crippen LogP) is 1.85. The number of methoxy groups -OCH3 is 2. The number of aromatic nitrogens is 1. The van der Waals surface area contributed by atoms with Crippen LogP contribution in [-0.2, 0) is 9.47 Å². The zero-order valence-corrected chi connectivity index (χ0v) is 13.1. The summed E-state index contributed by atoms with van der Waals surface area (Å²) < 4.78 is 10.3. The van der Waals surface area contributed by atoms with Crippen molar-refractivity contribution in [2.75, 3.05) is 52.0 Å². The first-order valence-corrected chi connectivity index (χ1v) is 7.15. The van der Waals surface area contributed by atoms with E-state index in [1.54, 1.807) is 14.2 Å². The highest BCUT2D eigenvalue weighted by atomic mass is 16.5. The zero-order chi connectivity index (χ0) is 14.8. The van der Waals surface area contributed by atoms with Gasteiger partial charge in [0.25, 0.3) is 0 Å². The molecule has 1 N–H and O–H groups in total. The minimum absolute atomic E-state index is 0.278. The summed E-state index contributed by atoms with van der Waals surface area (Å²) in [6.45, 7) is 8.23. The fourth-order valence-corrected chi connectivity index (χ4v) is 2.02. The Kier molecular flexibility index (Phi) is 8.18. The number of nitrogens with one attached hydrogen (secondary N) is 1. The quantitative estimate of drug-likeness (QED) is 0.709. The second-order valence-electron chi connectivity index (χ2n) is 4.69. The highest BCUT2D eigenvalue weighted by Crippen LogP contribution is 2.16. The fourth-order valence-electron chi connectivity index (χ4n) is 2.02. The lowest BCUT2D eigenvalue weighted by molar-refractivity contribution is 0.190. The van der Waals surface area contributed by atoms with Gasteiger partial charge in [0.1, 0.15) is 0 Å². The highest BCUT2D eigenvalue weighted by Gasteiger charge is 2.09. The summed E-state index contributed by atoms with van der Waals surface area (Å²) >= 11 is 0. The van der Waals surface area contributed by atoms with E-state index in [2.05, 4.69) is 41.2 Å². The molecular formula is C15H27N3O2. The van der Waals surface area contributed by atoms with Crippen molar-refractivity contribution in [2.24, 2.45) is 0 Å². The van der Waals surface area contributed by atoms with Crippen molar-refractivity contribution in [3.05, 3.63) is 24.0 Å². The third-order valence-electron chi connectivity index (χ3n) is 3.22. The molecule has 1 heterocycles. The molecule has 0 aromatic carbocycles. The van der Waals surface area contributed by atoms with Crippen LogP contribution in [0, 0.1) is 0 Å². The van der Waals surface area contributed by atoms with E-state index in [1.807, 2.05) is 6.20 Å². The van der Waals surface area contributed by atoms with Crippen molar-refractivity contribution in [2.45, 2.75) is 19.9 Å². The molecule has 1 unspecified atom stereocenters. The fraction of sp³-hybridized carbons (Fsp3) is 0.667. The van der Waals surface area contributed by atoms with Crippen LogP contribution in [0.4, 0.5) is 5.69 Å². The van der Waals surface area contributed by atoms with Crippen molar-refractivity contribution in [1.29, 1.82) is 0 Å². The van der Waals surface area contributed by atoms with Crippen molar-refractivity contribution < 1.29 is 9.47 Å². The van der Waals surface area contributed by atoms with Crippen LogP contribution in [0.25, 0.3) is 0 Å². The minimum Gasteiger partial charge on any atom is -0.383 e. The summed E-state index contributed by atoms with van der Waals surface area (Å²) in [4.78, 5) is 6.77. The number of pyridine rings is 1. The molecule has 0 spiro atoms. The van der Waals surface area contributed by atoms with Crippen molar-refractivity contribution in [3.8, 4) is 0 Å². The van der Waals surface area contributed by atoms with Crippen LogP contribution >= 0.6 is 0 Å². The smallest absolute Gasteiger partial charge is 0.0637 e. The molecule has 0 amide bonds. The maximum absolute atomic E-state index is 5.15. The van der Waals surface area contributed by atoms with Crippen molar-refractivity contribution >= 4 is 5.69 Å². The van der Waals surface area contributed by atoms with Crippen LogP contribution in [0.5, 0.6) is 0 Å². The van der Waals surface area contributed by atoms with Gasteiger partial charge in [-0.05, 0) is 25.6 Å². The molecule has 1 aromatic rings. The number of nitrogens with zero attached hydrogens (tertiary/aromatic N) is 2. The van der Waals surface area contributed by atoms with E-state index in [4.69, 9.17) is 9.47 Å². The number of ether oxygens (including phenoxy) is 2. The van der Waals surface area contributed by atoms with Crippen LogP contribution in [0.3, 0.4) is 0 Å². The molecule has 5 heteroatoms. The zero-order valence-electron chi connectivity index (χ0n) is 13.1. The number of rotatable bonds is 10. The first-order valence-electron chi connectivity index (χ1n) is 7.15. The van der Waals surface area contributed by atoms with E-state index in [0.29, 0.717) is 13.2 Å². The van der Waals surface area contributed by atoms with Crippen molar-refractivity contribution in [1.82, 2.24) is 10.3 Å². The Labute approximate surface area is 122 Å². The summed E-state index contributed by atoms with van der Waals surface area (Å²) in [5.74, 6) is 0. The Balaban J connectivity index is 2.70. The third-order valence-corrected chi connectivity index (χ3v) is 3.22. The molecule has 0 aliphatic rings. The van der Waals surface area contributed by atoms with Crippen molar-refractivity contribution in [3.63, 3.8) is 0 Å². The van der Waals surface area contributed by atoms with Crippen LogP contribution in [0.1, 0.15) is 25.6 Å². The summed E-state index contributed by atoms with van der Waals surface area (Å²) in [6.07, 6.45) is 1.93. The Bertz CT molecular complexity index is 349. The van der Waals surface area contributed by atoms with Gasteiger partial charge in [0.05, 0.1) is 30.8 Å². The summed E-state index contributed by atoms with van der Waals surface area (Å²) in [7, 11) is 3.43. The maximum atomic E-state index is 5.15. The van der Waals surface area contributed by atoms with Crippen LogP contribution < -0.4 is 10.2 Å². The minimum atomic E-state index is 0.278. The van der Waals surface area contributed by atoms with E-state index in [0.717, 1.165) is 31.0 Å². The monoisotopic (exact) mass is 281 g/mol. The molecule has 0 aliphatic heterocycles. The Morgan fingerprint density at radius 3 is 2.30 bits per heavy atom. The maximum Gasteiger partial charge on any atom is 0.0637 e. The predicted molar refractivity (Wildman–Crippen MR) is 82.3 cm³/mol. The molecule has 20 heavy (non-hydrogen) atoms. The molecule has 0 bridgehead atoms. The average molecular weight is 281 g/mol. The number of anilines is 1. The largest absolute Gasteiger partial charge is 0.383 e. The molecule has 0 aliphatic carbocycles. The first-order chi connectivity index (χ1) is 9.72. The van der Waals surface area contributed by atoms with Gasteiger partial charge in [0.15, 0.2) is 0 Å². The SMILES string of the molecule is CCNC(C)c1ccc(N(CCOC)CCOC)cn1. The molecule has 0 saturated heterocycles. The number of hydrogen-bond donors (Lipinski definition) is 1. The average Bonchev–Trinajstić information content (AvgIpc) is 2.48. The van der Waals surface area contributed by atoms with Gasteiger partial charge in [-0.2, -0.15) is 0 Å². The molecule has 5 nitrogen and oxygen atoms in total. The van der Waals surface area contributed by atoms with Gasteiger partial charge in [0.2, 0.25) is 0 Å². The van der Waals surface area contributed by atoms with E-state index in [-0.39, 0.29) is 6.04 Å². The van der Waals surface area contributed by atoms with Gasteiger partial charge in [-0.3, -0.25) is 4.98 Å². The molecule has 0 radical (unpaired) electrons. The van der Waals surface area contributed by atoms with Crippen LogP contribution in [0.2, 0.25) is 0 Å². The second kappa shape index (κ2) is 9.69. The molecule has 1 rings (SSSR count). The van der Waals surface area contributed by atoms with Gasteiger partial charge in [-0.15, -0.1) is 0 Å². The summed E-state index contributed by atoms with van der Waals surface area (Å²) in [5, 5.41) is 3.36. The molecular weight excluding hydrogens is 254 g/mol. The molecule has 0 saturated carbocycles. The summed E-state index contributed by atoms with van der Waals surface area (Å²) in [5.41, 5.74) is 2.17. The Morgan fingerprint density at radius 2 is 1.85 bits per heavy atom. The topological polar surface area (TPSA) is 46.6 Å². The molecule has 1 aromatic heterocycles. The lowest BCUT2D eigenvalue weighted by Crippen LogP contribution is -2.30. The van der Waals surface area contributed by atoms with Crippen LogP contribution in [0.15, 0.2) is 18.3 Å². The van der Waals surface area contributed by atoms with E-state index < -0.39 is 0 Å². The van der Waals surface area contributed by atoms with Gasteiger partial charge >= 0.3 is 0 Å². The highest BCUT2D eigenvalue weighted by molar-refractivity contribution is 5.44. The summed E-state index contributed by atoms with van der Waals surface area (Å²) in [6, 6.07) is 4.47. The third kappa shape index (κ3) is 5.45. The molecule has 1 atom stereocenters. The molecule has 114 valence electrons. The molecule has 0 fully saturated rings.